The fraction of sp³-hybridized carbons (Fsp3) is 0.125. The highest BCUT2D eigenvalue weighted by Crippen LogP contribution is 2.29. The van der Waals surface area contributed by atoms with Crippen molar-refractivity contribution in [2.24, 2.45) is 0 Å². The highest BCUT2D eigenvalue weighted by Gasteiger charge is 2.30. The number of nitrogens with one attached hydrogen (secondary N) is 1. The summed E-state index contributed by atoms with van der Waals surface area (Å²) in [5.74, 6) is 0. The largest absolute Gasteiger partial charge is 0.416 e. The fourth-order valence-electron chi connectivity index (χ4n) is 1.82. The van der Waals surface area contributed by atoms with Crippen molar-refractivity contribution in [3.8, 4) is 0 Å². The molecule has 7 heteroatoms. The second-order valence-corrected chi connectivity index (χ2v) is 6.43. The Morgan fingerprint density at radius 1 is 1.00 bits per heavy atom. The molecule has 3 nitrogen and oxygen atoms in total. The van der Waals surface area contributed by atoms with Crippen LogP contribution in [0.25, 0.3) is 6.08 Å². The molecule has 0 atom stereocenters. The molecule has 0 fully saturated rings. The molecule has 0 aliphatic rings. The van der Waals surface area contributed by atoms with Crippen LogP contribution in [0.15, 0.2) is 60.0 Å². The second-order valence-electron chi connectivity index (χ2n) is 4.78. The number of rotatable bonds is 5. The van der Waals surface area contributed by atoms with Crippen LogP contribution >= 0.6 is 0 Å². The van der Waals surface area contributed by atoms with Crippen molar-refractivity contribution in [2.75, 3.05) is 0 Å². The molecule has 0 aliphatic carbocycles. The fourth-order valence-corrected chi connectivity index (χ4v) is 2.62. The highest BCUT2D eigenvalue weighted by molar-refractivity contribution is 7.92. The zero-order valence-electron chi connectivity index (χ0n) is 11.9. The molecule has 1 N–H and O–H groups in total. The molecular formula is C16H14F3NO2S. The van der Waals surface area contributed by atoms with Crippen molar-refractivity contribution < 1.29 is 21.6 Å². The molecule has 23 heavy (non-hydrogen) atoms. The molecule has 0 heterocycles. The summed E-state index contributed by atoms with van der Waals surface area (Å²) in [5.41, 5.74) is 0.127. The summed E-state index contributed by atoms with van der Waals surface area (Å²) in [4.78, 5) is 0. The normalized spacial score (nSPS) is 12.7. The Bertz CT molecular complexity index is 784. The Kier molecular flexibility index (Phi) is 5.23. The van der Waals surface area contributed by atoms with Crippen LogP contribution in [0.1, 0.15) is 16.7 Å². The molecule has 0 unspecified atom stereocenters. The number of hydrogen-bond donors (Lipinski definition) is 1. The Morgan fingerprint density at radius 2 is 1.70 bits per heavy atom. The maximum atomic E-state index is 12.6. The summed E-state index contributed by atoms with van der Waals surface area (Å²) in [7, 11) is -3.74. The van der Waals surface area contributed by atoms with Crippen LogP contribution in [0, 0.1) is 0 Å². The summed E-state index contributed by atoms with van der Waals surface area (Å²) in [6, 6.07) is 13.3. The zero-order chi connectivity index (χ0) is 16.9. The van der Waals surface area contributed by atoms with Gasteiger partial charge in [-0.1, -0.05) is 48.5 Å². The van der Waals surface area contributed by atoms with Crippen LogP contribution < -0.4 is 4.72 Å². The minimum absolute atomic E-state index is 0.217. The maximum Gasteiger partial charge on any atom is 0.416 e. The minimum atomic E-state index is -4.46. The molecule has 2 aromatic carbocycles. The van der Waals surface area contributed by atoms with Crippen LogP contribution in [0.2, 0.25) is 0 Å². The molecule has 0 amide bonds. The van der Waals surface area contributed by atoms with E-state index in [0.717, 1.165) is 17.5 Å². The lowest BCUT2D eigenvalue weighted by atomic mass is 10.1. The van der Waals surface area contributed by atoms with Crippen molar-refractivity contribution in [2.45, 2.75) is 12.7 Å². The molecule has 0 aromatic heterocycles. The van der Waals surface area contributed by atoms with Gasteiger partial charge >= 0.3 is 6.18 Å². The molecule has 0 aliphatic heterocycles. The summed E-state index contributed by atoms with van der Waals surface area (Å²) in [6.45, 7) is -0.217. The van der Waals surface area contributed by atoms with E-state index < -0.39 is 21.8 Å². The molecule has 122 valence electrons. The average Bonchev–Trinajstić information content (AvgIpc) is 2.52. The van der Waals surface area contributed by atoms with Crippen LogP contribution in [-0.4, -0.2) is 8.42 Å². The third kappa shape index (κ3) is 5.54. The number of halogens is 3. The molecule has 0 spiro atoms. The molecule has 0 bridgehead atoms. The smallest absolute Gasteiger partial charge is 0.208 e. The van der Waals surface area contributed by atoms with Gasteiger partial charge in [0.15, 0.2) is 0 Å². The average molecular weight is 341 g/mol. The number of benzene rings is 2. The van der Waals surface area contributed by atoms with E-state index in [2.05, 4.69) is 4.72 Å². The molecule has 0 radical (unpaired) electrons. The van der Waals surface area contributed by atoms with Gasteiger partial charge in [-0.05, 0) is 23.3 Å². The van der Waals surface area contributed by atoms with Crippen LogP contribution in [0.3, 0.4) is 0 Å². The Hall–Kier alpha value is -2.12. The summed E-state index contributed by atoms with van der Waals surface area (Å²) in [6.07, 6.45) is -3.05. The van der Waals surface area contributed by atoms with Gasteiger partial charge < -0.3 is 0 Å². The lowest BCUT2D eigenvalue weighted by Crippen LogP contribution is -2.20. The van der Waals surface area contributed by atoms with Gasteiger partial charge in [-0.15, -0.1) is 0 Å². The van der Waals surface area contributed by atoms with Gasteiger partial charge in [-0.2, -0.15) is 13.2 Å². The summed E-state index contributed by atoms with van der Waals surface area (Å²) < 4.78 is 63.7. The minimum Gasteiger partial charge on any atom is -0.208 e. The van der Waals surface area contributed by atoms with Crippen molar-refractivity contribution >= 4 is 16.1 Å². The van der Waals surface area contributed by atoms with E-state index in [4.69, 9.17) is 0 Å². The lowest BCUT2D eigenvalue weighted by molar-refractivity contribution is -0.137. The van der Waals surface area contributed by atoms with Crippen molar-refractivity contribution in [3.63, 3.8) is 0 Å². The Morgan fingerprint density at radius 3 is 2.35 bits per heavy atom. The van der Waals surface area contributed by atoms with Gasteiger partial charge in [0.1, 0.15) is 0 Å². The zero-order valence-corrected chi connectivity index (χ0v) is 12.7. The topological polar surface area (TPSA) is 46.2 Å². The van der Waals surface area contributed by atoms with Crippen molar-refractivity contribution in [1.82, 2.24) is 4.72 Å². The molecule has 2 rings (SSSR count). The van der Waals surface area contributed by atoms with E-state index in [-0.39, 0.29) is 12.1 Å². The summed E-state index contributed by atoms with van der Waals surface area (Å²) >= 11 is 0. The predicted molar refractivity (Wildman–Crippen MR) is 82.7 cm³/mol. The third-order valence-electron chi connectivity index (χ3n) is 2.97. The quantitative estimate of drug-likeness (QED) is 0.899. The third-order valence-corrected chi connectivity index (χ3v) is 4.01. The molecule has 2 aromatic rings. The SMILES string of the molecule is O=S(=O)(/C=C/c1ccccc1)NCc1cccc(C(F)(F)F)c1. The highest BCUT2D eigenvalue weighted by atomic mass is 32.2. The van der Waals surface area contributed by atoms with Crippen molar-refractivity contribution in [1.29, 1.82) is 0 Å². The van der Waals surface area contributed by atoms with Gasteiger partial charge in [-0.25, -0.2) is 13.1 Å². The first-order valence-electron chi connectivity index (χ1n) is 6.65. The number of alkyl halides is 3. The van der Waals surface area contributed by atoms with E-state index in [1.807, 2.05) is 0 Å². The van der Waals surface area contributed by atoms with Crippen molar-refractivity contribution in [3.05, 3.63) is 76.7 Å². The monoisotopic (exact) mass is 341 g/mol. The predicted octanol–water partition coefficient (Wildman–Crippen LogP) is 3.80. The van der Waals surface area contributed by atoms with Crippen LogP contribution in [0.5, 0.6) is 0 Å². The molecule has 0 saturated heterocycles. The first kappa shape index (κ1) is 17.2. The number of hydrogen-bond acceptors (Lipinski definition) is 2. The first-order valence-corrected chi connectivity index (χ1v) is 8.20. The summed E-state index contributed by atoms with van der Waals surface area (Å²) in [5, 5.41) is 0.982. The Labute approximate surface area is 132 Å². The van der Waals surface area contributed by atoms with Gasteiger partial charge in [0.25, 0.3) is 0 Å². The van der Waals surface area contributed by atoms with E-state index in [1.54, 1.807) is 30.3 Å². The van der Waals surface area contributed by atoms with E-state index >= 15 is 0 Å². The number of sulfonamides is 1. The van der Waals surface area contributed by atoms with Gasteiger partial charge in [0, 0.05) is 12.0 Å². The molecular weight excluding hydrogens is 327 g/mol. The van der Waals surface area contributed by atoms with Crippen LogP contribution in [0.4, 0.5) is 13.2 Å². The second kappa shape index (κ2) is 6.97. The van der Waals surface area contributed by atoms with E-state index in [0.29, 0.717) is 5.56 Å². The van der Waals surface area contributed by atoms with E-state index in [1.165, 1.54) is 18.2 Å². The molecule has 0 saturated carbocycles. The lowest BCUT2D eigenvalue weighted by Gasteiger charge is -2.09. The first-order chi connectivity index (χ1) is 10.8. The van der Waals surface area contributed by atoms with Gasteiger partial charge in [-0.3, -0.25) is 0 Å². The maximum absolute atomic E-state index is 12.6. The van der Waals surface area contributed by atoms with Gasteiger partial charge in [0.2, 0.25) is 10.0 Å². The standard InChI is InChI=1S/C16H14F3NO2S/c17-16(18,19)15-8-4-7-14(11-15)12-20-23(21,22)10-9-13-5-2-1-3-6-13/h1-11,20H,12H2/b10-9+. The Balaban J connectivity index is 2.04. The van der Waals surface area contributed by atoms with Gasteiger partial charge in [0.05, 0.1) is 5.56 Å². The van der Waals surface area contributed by atoms with E-state index in [9.17, 15) is 21.6 Å². The van der Waals surface area contributed by atoms with Crippen LogP contribution in [-0.2, 0) is 22.7 Å².